The van der Waals surface area contributed by atoms with Gasteiger partial charge in [-0.3, -0.25) is 9.52 Å². The number of nitrogens with zero attached hydrogens (tertiary/aromatic N) is 2. The van der Waals surface area contributed by atoms with Gasteiger partial charge < -0.3 is 5.32 Å². The van der Waals surface area contributed by atoms with Crippen molar-refractivity contribution in [2.45, 2.75) is 11.8 Å². The summed E-state index contributed by atoms with van der Waals surface area (Å²) in [5, 5.41) is 6.37. The minimum Gasteiger partial charge on any atom is -0.326 e. The van der Waals surface area contributed by atoms with E-state index in [4.69, 9.17) is 0 Å². The van der Waals surface area contributed by atoms with E-state index in [9.17, 15) is 13.2 Å². The van der Waals surface area contributed by atoms with E-state index in [1.807, 2.05) is 0 Å². The van der Waals surface area contributed by atoms with Crippen molar-refractivity contribution >= 4 is 38.8 Å². The maximum absolute atomic E-state index is 12.4. The zero-order valence-electron chi connectivity index (χ0n) is 13.1. The van der Waals surface area contributed by atoms with Crippen LogP contribution >= 0.6 is 11.5 Å². The van der Waals surface area contributed by atoms with Crippen molar-refractivity contribution in [1.82, 2.24) is 9.59 Å². The number of hydrogen-bond acceptors (Lipinski definition) is 6. The van der Waals surface area contributed by atoms with E-state index >= 15 is 0 Å². The van der Waals surface area contributed by atoms with E-state index in [2.05, 4.69) is 19.6 Å². The molecule has 0 bridgehead atoms. The Hall–Kier alpha value is -2.78. The van der Waals surface area contributed by atoms with E-state index in [-0.39, 0.29) is 10.8 Å². The van der Waals surface area contributed by atoms with E-state index < -0.39 is 10.0 Å². The molecule has 0 unspecified atom stereocenters. The third kappa shape index (κ3) is 4.20. The zero-order chi connectivity index (χ0) is 17.9. The van der Waals surface area contributed by atoms with Gasteiger partial charge in [-0.05, 0) is 53.5 Å². The molecular weight excluding hydrogens is 360 g/mol. The van der Waals surface area contributed by atoms with Crippen molar-refractivity contribution in [3.05, 3.63) is 54.7 Å². The molecule has 2 aromatic carbocycles. The van der Waals surface area contributed by atoms with Gasteiger partial charge in [0.15, 0.2) is 0 Å². The van der Waals surface area contributed by atoms with Crippen LogP contribution < -0.4 is 10.0 Å². The number of rotatable bonds is 5. The lowest BCUT2D eigenvalue weighted by molar-refractivity contribution is -0.114. The minimum atomic E-state index is -3.71. The largest absolute Gasteiger partial charge is 0.326 e. The van der Waals surface area contributed by atoms with Crippen molar-refractivity contribution in [3.63, 3.8) is 0 Å². The fraction of sp³-hybridized carbons (Fsp3) is 0.0625. The summed E-state index contributed by atoms with van der Waals surface area (Å²) in [5.41, 5.74) is 1.90. The van der Waals surface area contributed by atoms with Crippen molar-refractivity contribution in [3.8, 4) is 10.4 Å². The summed E-state index contributed by atoms with van der Waals surface area (Å²) >= 11 is 1.27. The van der Waals surface area contributed by atoms with Gasteiger partial charge in [0, 0.05) is 18.3 Å². The van der Waals surface area contributed by atoms with Gasteiger partial charge in [0.25, 0.3) is 10.0 Å². The fourth-order valence-electron chi connectivity index (χ4n) is 2.13. The molecule has 0 radical (unpaired) electrons. The van der Waals surface area contributed by atoms with Crippen molar-refractivity contribution < 1.29 is 13.2 Å². The predicted octanol–water partition coefficient (Wildman–Crippen LogP) is 2.96. The molecule has 0 spiro atoms. The highest BCUT2D eigenvalue weighted by Crippen LogP contribution is 2.24. The average Bonchev–Trinajstić information content (AvgIpc) is 3.09. The Morgan fingerprint density at radius 1 is 1.00 bits per heavy atom. The van der Waals surface area contributed by atoms with Gasteiger partial charge in [-0.2, -0.15) is 0 Å². The summed E-state index contributed by atoms with van der Waals surface area (Å²) in [6.07, 6.45) is 1.65. The van der Waals surface area contributed by atoms with Gasteiger partial charge in [-0.1, -0.05) is 16.6 Å². The first-order valence-corrected chi connectivity index (χ1v) is 9.48. The van der Waals surface area contributed by atoms with Gasteiger partial charge in [0.2, 0.25) is 5.91 Å². The molecule has 0 saturated carbocycles. The van der Waals surface area contributed by atoms with Gasteiger partial charge in [-0.25, -0.2) is 8.42 Å². The Kier molecular flexibility index (Phi) is 4.77. The highest BCUT2D eigenvalue weighted by atomic mass is 32.2. The first-order chi connectivity index (χ1) is 11.9. The van der Waals surface area contributed by atoms with Crippen LogP contribution in [0, 0.1) is 0 Å². The molecule has 0 aliphatic carbocycles. The number of carbonyl (C=O) groups is 1. The van der Waals surface area contributed by atoms with Crippen LogP contribution in [0.2, 0.25) is 0 Å². The fourth-order valence-corrected chi connectivity index (χ4v) is 3.71. The Morgan fingerprint density at radius 2 is 1.64 bits per heavy atom. The molecule has 2 N–H and O–H groups in total. The summed E-state index contributed by atoms with van der Waals surface area (Å²) in [4.78, 5) is 12.0. The molecule has 1 heterocycles. The molecule has 3 rings (SSSR count). The minimum absolute atomic E-state index is 0.109. The van der Waals surface area contributed by atoms with Gasteiger partial charge >= 0.3 is 0 Å². The molecular formula is C16H14N4O3S2. The highest BCUT2D eigenvalue weighted by molar-refractivity contribution is 7.92. The summed E-state index contributed by atoms with van der Waals surface area (Å²) in [7, 11) is -3.71. The van der Waals surface area contributed by atoms with E-state index in [0.29, 0.717) is 11.4 Å². The Balaban J connectivity index is 1.75. The predicted molar refractivity (Wildman–Crippen MR) is 96.9 cm³/mol. The van der Waals surface area contributed by atoms with E-state index in [1.165, 1.54) is 42.7 Å². The summed E-state index contributed by atoms with van der Waals surface area (Å²) in [6, 6.07) is 12.9. The molecule has 25 heavy (non-hydrogen) atoms. The molecule has 1 amide bonds. The third-order valence-corrected chi connectivity index (χ3v) is 5.38. The molecule has 3 aromatic rings. The monoisotopic (exact) mass is 374 g/mol. The number of benzene rings is 2. The number of nitrogens with one attached hydrogen (secondary N) is 2. The molecule has 0 aliphatic heterocycles. The smallest absolute Gasteiger partial charge is 0.261 e. The van der Waals surface area contributed by atoms with Crippen LogP contribution in [0.4, 0.5) is 11.4 Å². The van der Waals surface area contributed by atoms with Gasteiger partial charge in [0.05, 0.1) is 16.0 Å². The maximum atomic E-state index is 12.4. The second kappa shape index (κ2) is 6.99. The van der Waals surface area contributed by atoms with Crippen molar-refractivity contribution in [2.24, 2.45) is 0 Å². The second-order valence-electron chi connectivity index (χ2n) is 5.17. The van der Waals surface area contributed by atoms with E-state index in [1.54, 1.807) is 30.5 Å². The number of sulfonamides is 1. The lowest BCUT2D eigenvalue weighted by Gasteiger charge is -2.09. The number of hydrogen-bond donors (Lipinski definition) is 2. The summed E-state index contributed by atoms with van der Waals surface area (Å²) in [6.45, 7) is 1.39. The quantitative estimate of drug-likeness (QED) is 0.715. The Labute approximate surface area is 148 Å². The molecule has 128 valence electrons. The first kappa shape index (κ1) is 17.1. The molecule has 7 nitrogen and oxygen atoms in total. The molecule has 0 atom stereocenters. The highest BCUT2D eigenvalue weighted by Gasteiger charge is 2.14. The molecule has 9 heteroatoms. The second-order valence-corrected chi connectivity index (χ2v) is 7.64. The van der Waals surface area contributed by atoms with Crippen LogP contribution in [0.25, 0.3) is 10.4 Å². The van der Waals surface area contributed by atoms with Crippen LogP contribution in [0.5, 0.6) is 0 Å². The Bertz CT molecular complexity index is 967. The van der Waals surface area contributed by atoms with Crippen LogP contribution in [-0.4, -0.2) is 23.9 Å². The number of carbonyl (C=O) groups excluding carboxylic acids is 1. The average molecular weight is 374 g/mol. The van der Waals surface area contributed by atoms with Crippen LogP contribution in [0.3, 0.4) is 0 Å². The number of anilines is 2. The van der Waals surface area contributed by atoms with Crippen LogP contribution in [0.1, 0.15) is 6.92 Å². The summed E-state index contributed by atoms with van der Waals surface area (Å²) < 4.78 is 31.2. The standard InChI is InChI=1S/C16H14N4O3S2/c1-11(21)18-13-6-8-15(9-7-13)25(22,23)19-14-4-2-12(3-5-14)16-10-17-20-24-16/h2-10,19H,1H3,(H,18,21). The first-order valence-electron chi connectivity index (χ1n) is 7.22. The molecule has 0 fully saturated rings. The molecule has 0 saturated heterocycles. The van der Waals surface area contributed by atoms with E-state index in [0.717, 1.165) is 10.4 Å². The van der Waals surface area contributed by atoms with Gasteiger partial charge in [-0.15, -0.1) is 5.10 Å². The van der Waals surface area contributed by atoms with Gasteiger partial charge in [0.1, 0.15) is 0 Å². The maximum Gasteiger partial charge on any atom is 0.261 e. The number of amides is 1. The SMILES string of the molecule is CC(=O)Nc1ccc(S(=O)(=O)Nc2ccc(-c3cnns3)cc2)cc1. The zero-order valence-corrected chi connectivity index (χ0v) is 14.8. The summed E-state index contributed by atoms with van der Waals surface area (Å²) in [5.74, 6) is -0.218. The van der Waals surface area contributed by atoms with Crippen LogP contribution in [0.15, 0.2) is 59.6 Å². The molecule has 1 aromatic heterocycles. The van der Waals surface area contributed by atoms with Crippen molar-refractivity contribution in [1.29, 1.82) is 0 Å². The lowest BCUT2D eigenvalue weighted by Crippen LogP contribution is -2.13. The third-order valence-electron chi connectivity index (χ3n) is 3.27. The Morgan fingerprint density at radius 3 is 2.20 bits per heavy atom. The van der Waals surface area contributed by atoms with Crippen molar-refractivity contribution in [2.75, 3.05) is 10.0 Å². The van der Waals surface area contributed by atoms with Crippen LogP contribution in [-0.2, 0) is 14.8 Å². The normalized spacial score (nSPS) is 11.1. The number of aromatic nitrogens is 2. The molecule has 0 aliphatic rings. The lowest BCUT2D eigenvalue weighted by atomic mass is 10.2. The topological polar surface area (TPSA) is 101 Å².